The van der Waals surface area contributed by atoms with Gasteiger partial charge in [0.15, 0.2) is 6.61 Å². The van der Waals surface area contributed by atoms with Crippen molar-refractivity contribution in [3.63, 3.8) is 0 Å². The Morgan fingerprint density at radius 2 is 1.94 bits per heavy atom. The molecule has 0 unspecified atom stereocenters. The smallest absolute Gasteiger partial charge is 0.274 e. The van der Waals surface area contributed by atoms with Crippen molar-refractivity contribution in [3.8, 4) is 5.75 Å². The van der Waals surface area contributed by atoms with Crippen LogP contribution in [-0.4, -0.2) is 87.5 Å². The molecule has 3 N–H and O–H groups in total. The van der Waals surface area contributed by atoms with Crippen LogP contribution in [0.3, 0.4) is 0 Å². The van der Waals surface area contributed by atoms with Crippen LogP contribution in [0.1, 0.15) is 41.0 Å². The number of carbonyl (C=O) groups excluding carboxylic acids is 2. The molecule has 2 aromatic rings. The fourth-order valence-corrected chi connectivity index (χ4v) is 4.90. The molecule has 4 rings (SSSR count). The van der Waals surface area contributed by atoms with E-state index in [1.165, 1.54) is 0 Å². The number of nitrogens with one attached hydrogen (secondary N) is 1. The van der Waals surface area contributed by atoms with Crippen LogP contribution in [0, 0.1) is 12.3 Å². The first-order chi connectivity index (χ1) is 15.8. The number of aromatic amines is 1. The van der Waals surface area contributed by atoms with Crippen LogP contribution in [-0.2, 0) is 11.2 Å². The lowest BCUT2D eigenvalue weighted by atomic mass is 9.72. The lowest BCUT2D eigenvalue weighted by Crippen LogP contribution is -2.51. The number of aliphatic hydroxyl groups is 2. The number of fused-ring (bicyclic) bond motifs is 1. The number of aromatic nitrogens is 2. The molecular weight excluding hydrogens is 424 g/mol. The molecule has 33 heavy (non-hydrogen) atoms. The van der Waals surface area contributed by atoms with E-state index >= 15 is 0 Å². The SMILES string of the molecule is Cc1cc(C(=O)N2CCC3(CC2)C[C@@H](O)[C@@H](O)Cc2ccccc2OCC(=O)N(C)C3)n[nH]1. The summed E-state index contributed by atoms with van der Waals surface area (Å²) in [6, 6.07) is 8.99. The number of piperidine rings is 1. The molecule has 2 aliphatic rings. The topological polar surface area (TPSA) is 119 Å². The van der Waals surface area contributed by atoms with Gasteiger partial charge >= 0.3 is 0 Å². The van der Waals surface area contributed by atoms with Crippen LogP contribution in [0.25, 0.3) is 0 Å². The number of likely N-dealkylation sites (tertiary alicyclic amines) is 1. The Hall–Kier alpha value is -2.91. The van der Waals surface area contributed by atoms with E-state index in [9.17, 15) is 19.8 Å². The molecule has 2 atom stereocenters. The maximum absolute atomic E-state index is 12.8. The minimum Gasteiger partial charge on any atom is -0.483 e. The zero-order chi connectivity index (χ0) is 23.6. The van der Waals surface area contributed by atoms with Gasteiger partial charge in [0.05, 0.1) is 12.2 Å². The van der Waals surface area contributed by atoms with Crippen molar-refractivity contribution in [1.29, 1.82) is 0 Å². The van der Waals surface area contributed by atoms with Gasteiger partial charge in [0.1, 0.15) is 11.4 Å². The second-order valence-corrected chi connectivity index (χ2v) is 9.42. The summed E-state index contributed by atoms with van der Waals surface area (Å²) in [6.45, 7) is 3.17. The van der Waals surface area contributed by atoms with Crippen molar-refractivity contribution in [2.75, 3.05) is 33.3 Å². The van der Waals surface area contributed by atoms with Gasteiger partial charge in [-0.3, -0.25) is 14.7 Å². The molecule has 0 aliphatic carbocycles. The third kappa shape index (κ3) is 5.20. The maximum atomic E-state index is 12.8. The number of benzene rings is 1. The Morgan fingerprint density at radius 1 is 1.21 bits per heavy atom. The molecule has 9 nitrogen and oxygen atoms in total. The third-order valence-corrected chi connectivity index (χ3v) is 6.87. The van der Waals surface area contributed by atoms with E-state index in [0.717, 1.165) is 11.3 Å². The predicted octanol–water partition coefficient (Wildman–Crippen LogP) is 1.15. The van der Waals surface area contributed by atoms with Crippen LogP contribution in [0.4, 0.5) is 0 Å². The van der Waals surface area contributed by atoms with Crippen molar-refractivity contribution >= 4 is 11.8 Å². The number of likely N-dealkylation sites (N-methyl/N-ethyl adjacent to an activating group) is 1. The molecule has 0 bridgehead atoms. The Morgan fingerprint density at radius 3 is 2.64 bits per heavy atom. The van der Waals surface area contributed by atoms with Crippen LogP contribution in [0.5, 0.6) is 5.75 Å². The van der Waals surface area contributed by atoms with Gasteiger partial charge in [0.25, 0.3) is 11.8 Å². The van der Waals surface area contributed by atoms with E-state index in [1.807, 2.05) is 25.1 Å². The highest BCUT2D eigenvalue weighted by Crippen LogP contribution is 2.38. The van der Waals surface area contributed by atoms with E-state index in [0.29, 0.717) is 50.3 Å². The number of aliphatic hydroxyl groups excluding tert-OH is 2. The number of hydrogen-bond acceptors (Lipinski definition) is 6. The largest absolute Gasteiger partial charge is 0.483 e. The molecule has 1 aromatic carbocycles. The van der Waals surface area contributed by atoms with Gasteiger partial charge in [0, 0.05) is 38.8 Å². The zero-order valence-corrected chi connectivity index (χ0v) is 19.2. The van der Waals surface area contributed by atoms with E-state index in [4.69, 9.17) is 4.74 Å². The number of hydrogen-bond donors (Lipinski definition) is 3. The summed E-state index contributed by atoms with van der Waals surface area (Å²) in [6.07, 6.45) is -0.114. The fraction of sp³-hybridized carbons (Fsp3) is 0.542. The van der Waals surface area contributed by atoms with Crippen LogP contribution in [0.2, 0.25) is 0 Å². The van der Waals surface area contributed by atoms with E-state index < -0.39 is 17.6 Å². The number of H-pyrrole nitrogens is 1. The van der Waals surface area contributed by atoms with Crippen LogP contribution >= 0.6 is 0 Å². The summed E-state index contributed by atoms with van der Waals surface area (Å²) in [4.78, 5) is 29.0. The Kier molecular flexibility index (Phi) is 6.71. The van der Waals surface area contributed by atoms with Crippen molar-refractivity contribution in [2.45, 2.75) is 44.8 Å². The standard InChI is InChI=1S/C24H32N4O5/c1-16-11-18(26-25-16)23(32)28-9-7-24(8-10-28)13-20(30)19(29)12-17-5-3-4-6-21(17)33-14-22(31)27(2)15-24/h3-6,11,19-20,29-30H,7-10,12-15H2,1-2H3,(H,25,26)/t19-,20+/m0/s1. The van der Waals surface area contributed by atoms with Crippen LogP contribution in [0.15, 0.2) is 30.3 Å². The number of para-hydroxylation sites is 1. The summed E-state index contributed by atoms with van der Waals surface area (Å²) in [5.74, 6) is 0.267. The van der Waals surface area contributed by atoms with E-state index in [1.54, 1.807) is 29.0 Å². The van der Waals surface area contributed by atoms with E-state index in [-0.39, 0.29) is 24.8 Å². The van der Waals surface area contributed by atoms with Crippen molar-refractivity contribution in [3.05, 3.63) is 47.3 Å². The van der Waals surface area contributed by atoms with Gasteiger partial charge in [-0.05, 0) is 49.3 Å². The van der Waals surface area contributed by atoms with Gasteiger partial charge in [0.2, 0.25) is 0 Å². The molecule has 2 aliphatic heterocycles. The second-order valence-electron chi connectivity index (χ2n) is 9.42. The number of aryl methyl sites for hydroxylation is 1. The molecule has 1 fully saturated rings. The first-order valence-electron chi connectivity index (χ1n) is 11.4. The number of amides is 2. The highest BCUT2D eigenvalue weighted by molar-refractivity contribution is 5.92. The fourth-order valence-electron chi connectivity index (χ4n) is 4.90. The van der Waals surface area contributed by atoms with Crippen molar-refractivity contribution in [1.82, 2.24) is 20.0 Å². The Balaban J connectivity index is 1.52. The molecule has 0 saturated carbocycles. The number of ether oxygens (including phenoxy) is 1. The molecule has 9 heteroatoms. The van der Waals surface area contributed by atoms with Gasteiger partial charge in [-0.1, -0.05) is 18.2 Å². The predicted molar refractivity (Wildman–Crippen MR) is 121 cm³/mol. The summed E-state index contributed by atoms with van der Waals surface area (Å²) in [5.41, 5.74) is 1.55. The van der Waals surface area contributed by atoms with E-state index in [2.05, 4.69) is 10.2 Å². The summed E-state index contributed by atoms with van der Waals surface area (Å²) in [5, 5.41) is 28.6. The van der Waals surface area contributed by atoms with Crippen molar-refractivity contribution < 1.29 is 24.5 Å². The average molecular weight is 457 g/mol. The normalized spacial score (nSPS) is 23.9. The summed E-state index contributed by atoms with van der Waals surface area (Å²) in [7, 11) is 1.73. The highest BCUT2D eigenvalue weighted by Gasteiger charge is 2.41. The molecule has 2 amide bonds. The van der Waals surface area contributed by atoms with Gasteiger partial charge in [-0.15, -0.1) is 0 Å². The highest BCUT2D eigenvalue weighted by atomic mass is 16.5. The van der Waals surface area contributed by atoms with Crippen molar-refractivity contribution in [2.24, 2.45) is 5.41 Å². The molecule has 3 heterocycles. The van der Waals surface area contributed by atoms with Gasteiger partial charge < -0.3 is 24.7 Å². The molecular formula is C24H32N4O5. The zero-order valence-electron chi connectivity index (χ0n) is 19.2. The van der Waals surface area contributed by atoms with Gasteiger partial charge in [-0.2, -0.15) is 5.10 Å². The minimum atomic E-state index is -0.961. The number of nitrogens with zero attached hydrogens (tertiary/aromatic N) is 3. The maximum Gasteiger partial charge on any atom is 0.274 e. The lowest BCUT2D eigenvalue weighted by molar-refractivity contribution is -0.135. The number of rotatable bonds is 1. The lowest BCUT2D eigenvalue weighted by Gasteiger charge is -2.45. The number of carbonyl (C=O) groups is 2. The first-order valence-corrected chi connectivity index (χ1v) is 11.4. The molecule has 0 radical (unpaired) electrons. The minimum absolute atomic E-state index is 0.0919. The Labute approximate surface area is 193 Å². The Bertz CT molecular complexity index is 998. The second kappa shape index (κ2) is 9.52. The molecule has 178 valence electrons. The monoisotopic (exact) mass is 456 g/mol. The third-order valence-electron chi connectivity index (χ3n) is 6.87. The molecule has 1 aromatic heterocycles. The van der Waals surface area contributed by atoms with Crippen LogP contribution < -0.4 is 4.74 Å². The summed E-state index contributed by atoms with van der Waals surface area (Å²) < 4.78 is 5.76. The average Bonchev–Trinajstić information content (AvgIpc) is 3.23. The quantitative estimate of drug-likeness (QED) is 0.592. The first kappa shape index (κ1) is 23.3. The molecule has 1 spiro atoms. The van der Waals surface area contributed by atoms with Gasteiger partial charge in [-0.25, -0.2) is 0 Å². The molecule has 1 saturated heterocycles. The summed E-state index contributed by atoms with van der Waals surface area (Å²) >= 11 is 0.